The van der Waals surface area contributed by atoms with E-state index in [0.717, 1.165) is 48.7 Å². The number of nitrogens with zero attached hydrogens (tertiary/aromatic N) is 3. The third-order valence-corrected chi connectivity index (χ3v) is 6.18. The number of hydrogen-bond acceptors (Lipinski definition) is 4. The fraction of sp³-hybridized carbons (Fsp3) is 0.278. The summed E-state index contributed by atoms with van der Waals surface area (Å²) in [4.78, 5) is 8.75. The second-order valence-electron chi connectivity index (χ2n) is 6.12. The minimum atomic E-state index is 0.00175. The SMILES string of the molecule is [O]c1cc(N2CCN(Cc3cccc(Cl)c3Cl)CC2)cc2scnc12. The second kappa shape index (κ2) is 7.00. The molecule has 0 spiro atoms. The van der Waals surface area contributed by atoms with Crippen molar-refractivity contribution in [2.75, 3.05) is 31.1 Å². The molecule has 25 heavy (non-hydrogen) atoms. The van der Waals surface area contributed by atoms with Crippen molar-refractivity contribution >= 4 is 50.4 Å². The van der Waals surface area contributed by atoms with Crippen molar-refractivity contribution in [2.24, 2.45) is 0 Å². The molecule has 0 bridgehead atoms. The van der Waals surface area contributed by atoms with Crippen LogP contribution in [0.25, 0.3) is 10.2 Å². The largest absolute Gasteiger partial charge is 0.369 e. The van der Waals surface area contributed by atoms with Crippen LogP contribution in [-0.4, -0.2) is 36.1 Å². The Hall–Kier alpha value is -1.53. The fourth-order valence-corrected chi connectivity index (χ4v) is 4.28. The van der Waals surface area contributed by atoms with Crippen LogP contribution in [0.1, 0.15) is 5.56 Å². The van der Waals surface area contributed by atoms with Gasteiger partial charge < -0.3 is 4.90 Å². The lowest BCUT2D eigenvalue weighted by Crippen LogP contribution is -2.46. The van der Waals surface area contributed by atoms with Gasteiger partial charge in [0.2, 0.25) is 5.75 Å². The van der Waals surface area contributed by atoms with Gasteiger partial charge in [-0.1, -0.05) is 35.3 Å². The zero-order valence-electron chi connectivity index (χ0n) is 13.4. The van der Waals surface area contributed by atoms with Crippen LogP contribution in [0.2, 0.25) is 10.0 Å². The number of halogens is 2. The Bertz CT molecular complexity index is 906. The molecule has 129 valence electrons. The quantitative estimate of drug-likeness (QED) is 0.624. The topological polar surface area (TPSA) is 39.3 Å². The number of aromatic nitrogens is 1. The number of hydrogen-bond donors (Lipinski definition) is 0. The molecule has 0 aliphatic carbocycles. The molecule has 0 saturated carbocycles. The maximum absolute atomic E-state index is 12.2. The predicted molar refractivity (Wildman–Crippen MR) is 104 cm³/mol. The average molecular weight is 393 g/mol. The Morgan fingerprint density at radius 1 is 1.12 bits per heavy atom. The third-order valence-electron chi connectivity index (χ3n) is 4.55. The van der Waals surface area contributed by atoms with Gasteiger partial charge in [-0.3, -0.25) is 10.0 Å². The summed E-state index contributed by atoms with van der Waals surface area (Å²) >= 11 is 13.9. The molecule has 7 heteroatoms. The van der Waals surface area contributed by atoms with Gasteiger partial charge in [0.1, 0.15) is 5.52 Å². The monoisotopic (exact) mass is 392 g/mol. The van der Waals surface area contributed by atoms with Crippen LogP contribution in [0, 0.1) is 0 Å². The summed E-state index contributed by atoms with van der Waals surface area (Å²) < 4.78 is 0.954. The van der Waals surface area contributed by atoms with Crippen molar-refractivity contribution in [3.63, 3.8) is 0 Å². The van der Waals surface area contributed by atoms with E-state index in [1.54, 1.807) is 17.6 Å². The van der Waals surface area contributed by atoms with Crippen molar-refractivity contribution < 1.29 is 5.11 Å². The summed E-state index contributed by atoms with van der Waals surface area (Å²) in [5, 5.41) is 13.4. The molecule has 0 atom stereocenters. The number of anilines is 1. The van der Waals surface area contributed by atoms with Gasteiger partial charge in [0, 0.05) is 44.5 Å². The standard InChI is InChI=1S/C18H16Cl2N3OS/c19-14-3-1-2-12(17(14)20)10-22-4-6-23(7-5-22)13-8-15(24)18-16(9-13)25-11-21-18/h1-3,8-9,11H,4-7,10H2. The van der Waals surface area contributed by atoms with E-state index < -0.39 is 0 Å². The van der Waals surface area contributed by atoms with Crippen LogP contribution < -0.4 is 4.90 Å². The van der Waals surface area contributed by atoms with Crippen molar-refractivity contribution in [3.05, 3.63) is 51.5 Å². The van der Waals surface area contributed by atoms with Gasteiger partial charge in [0.25, 0.3) is 0 Å². The highest BCUT2D eigenvalue weighted by Crippen LogP contribution is 2.33. The van der Waals surface area contributed by atoms with E-state index in [1.165, 1.54) is 11.3 Å². The molecule has 3 aromatic rings. The summed E-state index contributed by atoms with van der Waals surface area (Å²) in [6, 6.07) is 9.52. The van der Waals surface area contributed by atoms with Gasteiger partial charge in [0.05, 0.1) is 20.3 Å². The molecule has 1 fully saturated rings. The van der Waals surface area contributed by atoms with Crippen LogP contribution in [0.15, 0.2) is 35.8 Å². The molecule has 0 amide bonds. The molecule has 2 aromatic carbocycles. The van der Waals surface area contributed by atoms with Gasteiger partial charge in [0.15, 0.2) is 0 Å². The number of rotatable bonds is 3. The molecule has 1 radical (unpaired) electrons. The molecule has 2 heterocycles. The van der Waals surface area contributed by atoms with E-state index in [9.17, 15) is 5.11 Å². The number of fused-ring (bicyclic) bond motifs is 1. The molecule has 1 aromatic heterocycles. The lowest BCUT2D eigenvalue weighted by Gasteiger charge is -2.36. The van der Waals surface area contributed by atoms with Crippen LogP contribution in [-0.2, 0) is 11.7 Å². The van der Waals surface area contributed by atoms with Crippen molar-refractivity contribution in [1.82, 2.24) is 9.88 Å². The zero-order valence-corrected chi connectivity index (χ0v) is 15.7. The molecule has 4 nitrogen and oxygen atoms in total. The highest BCUT2D eigenvalue weighted by atomic mass is 35.5. The maximum atomic E-state index is 12.2. The first kappa shape index (κ1) is 16.9. The Morgan fingerprint density at radius 3 is 2.72 bits per heavy atom. The minimum absolute atomic E-state index is 0.00175. The molecule has 4 rings (SSSR count). The van der Waals surface area contributed by atoms with Gasteiger partial charge in [-0.25, -0.2) is 4.98 Å². The van der Waals surface area contributed by atoms with Gasteiger partial charge in [-0.2, -0.15) is 0 Å². The van der Waals surface area contributed by atoms with E-state index in [0.29, 0.717) is 15.6 Å². The van der Waals surface area contributed by atoms with Crippen molar-refractivity contribution in [1.29, 1.82) is 0 Å². The normalized spacial score (nSPS) is 15.8. The Kier molecular flexibility index (Phi) is 4.73. The van der Waals surface area contributed by atoms with E-state index in [1.807, 2.05) is 12.1 Å². The summed E-state index contributed by atoms with van der Waals surface area (Å²) in [7, 11) is 0. The Balaban J connectivity index is 1.44. The summed E-state index contributed by atoms with van der Waals surface area (Å²) in [6.07, 6.45) is 0. The Labute approximate surface area is 160 Å². The van der Waals surface area contributed by atoms with Gasteiger partial charge in [-0.15, -0.1) is 11.3 Å². The van der Waals surface area contributed by atoms with Crippen LogP contribution >= 0.6 is 34.5 Å². The zero-order chi connectivity index (χ0) is 17.4. The van der Waals surface area contributed by atoms with Crippen molar-refractivity contribution in [3.8, 4) is 5.75 Å². The second-order valence-corrected chi connectivity index (χ2v) is 7.79. The highest BCUT2D eigenvalue weighted by Gasteiger charge is 2.20. The van der Waals surface area contributed by atoms with Gasteiger partial charge >= 0.3 is 0 Å². The first-order valence-electron chi connectivity index (χ1n) is 8.06. The molecule has 1 saturated heterocycles. The number of benzene rings is 2. The molecular weight excluding hydrogens is 377 g/mol. The van der Waals surface area contributed by atoms with Crippen LogP contribution in [0.4, 0.5) is 5.69 Å². The summed E-state index contributed by atoms with van der Waals surface area (Å²) in [5.41, 5.74) is 4.34. The molecule has 1 aliphatic heterocycles. The first-order chi connectivity index (χ1) is 12.1. The fourth-order valence-electron chi connectivity index (χ4n) is 3.18. The molecule has 1 aliphatic rings. The number of piperazine rings is 1. The van der Waals surface area contributed by atoms with Gasteiger partial charge in [-0.05, 0) is 17.7 Å². The molecular formula is C18H16Cl2N3OS. The molecule has 0 N–H and O–H groups in total. The van der Waals surface area contributed by atoms with Crippen LogP contribution in [0.3, 0.4) is 0 Å². The van der Waals surface area contributed by atoms with E-state index in [-0.39, 0.29) is 5.75 Å². The summed E-state index contributed by atoms with van der Waals surface area (Å²) in [5.74, 6) is 0.00175. The lowest BCUT2D eigenvalue weighted by atomic mass is 10.2. The molecule has 0 unspecified atom stereocenters. The third kappa shape index (κ3) is 3.42. The van der Waals surface area contributed by atoms with E-state index in [2.05, 4.69) is 20.9 Å². The predicted octanol–water partition coefficient (Wildman–Crippen LogP) is 5.07. The van der Waals surface area contributed by atoms with E-state index >= 15 is 0 Å². The minimum Gasteiger partial charge on any atom is -0.369 e. The maximum Gasteiger partial charge on any atom is 0.207 e. The van der Waals surface area contributed by atoms with Crippen molar-refractivity contribution in [2.45, 2.75) is 6.54 Å². The smallest absolute Gasteiger partial charge is 0.207 e. The lowest BCUT2D eigenvalue weighted by molar-refractivity contribution is 0.250. The number of thiazole rings is 1. The van der Waals surface area contributed by atoms with E-state index in [4.69, 9.17) is 23.2 Å². The first-order valence-corrected chi connectivity index (χ1v) is 9.70. The highest BCUT2D eigenvalue weighted by molar-refractivity contribution is 7.16. The Morgan fingerprint density at radius 2 is 1.92 bits per heavy atom. The van der Waals surface area contributed by atoms with Crippen LogP contribution in [0.5, 0.6) is 5.75 Å². The summed E-state index contributed by atoms with van der Waals surface area (Å²) in [6.45, 7) is 4.37. The average Bonchev–Trinajstić information content (AvgIpc) is 3.09.